The molecule has 0 aliphatic heterocycles. The summed E-state index contributed by atoms with van der Waals surface area (Å²) in [4.78, 5) is 6.43. The quantitative estimate of drug-likeness (QED) is 0.382. The van der Waals surface area contributed by atoms with Crippen molar-refractivity contribution in [2.75, 3.05) is 18.5 Å². The number of para-hydroxylation sites is 1. The highest BCUT2D eigenvalue weighted by Gasteiger charge is 2.13. The lowest BCUT2D eigenvalue weighted by molar-refractivity contribution is 0.318. The van der Waals surface area contributed by atoms with E-state index in [4.69, 9.17) is 10.9 Å². The summed E-state index contributed by atoms with van der Waals surface area (Å²) in [5.74, 6) is 0.124. The van der Waals surface area contributed by atoms with Crippen molar-refractivity contribution in [1.82, 2.24) is 4.98 Å². The second-order valence-corrected chi connectivity index (χ2v) is 4.95. The third-order valence-electron chi connectivity index (χ3n) is 3.43. The van der Waals surface area contributed by atoms with E-state index in [0.29, 0.717) is 0 Å². The van der Waals surface area contributed by atoms with E-state index in [0.717, 1.165) is 35.5 Å². The highest BCUT2D eigenvalue weighted by Crippen LogP contribution is 2.24. The molecule has 0 aliphatic rings. The topological polar surface area (TPSA) is 74.7 Å². The van der Waals surface area contributed by atoms with E-state index < -0.39 is 0 Å². The summed E-state index contributed by atoms with van der Waals surface area (Å²) in [7, 11) is 2.00. The van der Waals surface area contributed by atoms with Gasteiger partial charge in [-0.25, -0.2) is 0 Å². The molecule has 1 heterocycles. The third-order valence-corrected chi connectivity index (χ3v) is 3.43. The number of aryl methyl sites for hydroxylation is 1. The molecule has 0 bridgehead atoms. The van der Waals surface area contributed by atoms with Crippen molar-refractivity contribution in [3.8, 4) is 0 Å². The Morgan fingerprint density at radius 3 is 2.76 bits per heavy atom. The molecule has 0 radical (unpaired) electrons. The van der Waals surface area contributed by atoms with Crippen LogP contribution in [0, 0.1) is 6.92 Å². The number of nitrogens with zero attached hydrogens (tertiary/aromatic N) is 3. The average Bonchev–Trinajstić information content (AvgIpc) is 2.52. The number of aromatic nitrogens is 1. The predicted molar refractivity (Wildman–Crippen MR) is 84.9 cm³/mol. The van der Waals surface area contributed by atoms with Crippen LogP contribution >= 0.6 is 0 Å². The van der Waals surface area contributed by atoms with E-state index in [1.54, 1.807) is 6.20 Å². The number of hydrogen-bond acceptors (Lipinski definition) is 4. The maximum absolute atomic E-state index is 8.93. The molecule has 5 nitrogen and oxygen atoms in total. The Kier molecular flexibility index (Phi) is 4.77. The van der Waals surface area contributed by atoms with E-state index in [1.165, 1.54) is 0 Å². The number of rotatable bonds is 5. The van der Waals surface area contributed by atoms with Gasteiger partial charge in [0, 0.05) is 37.5 Å². The minimum Gasteiger partial charge on any atom is -0.409 e. The summed E-state index contributed by atoms with van der Waals surface area (Å²) >= 11 is 0. The van der Waals surface area contributed by atoms with Gasteiger partial charge in [-0.1, -0.05) is 23.4 Å². The number of oxime groups is 1. The van der Waals surface area contributed by atoms with E-state index >= 15 is 0 Å². The van der Waals surface area contributed by atoms with Crippen LogP contribution < -0.4 is 10.6 Å². The van der Waals surface area contributed by atoms with Crippen LogP contribution in [-0.4, -0.2) is 29.6 Å². The molecule has 1 aromatic heterocycles. The van der Waals surface area contributed by atoms with Crippen LogP contribution in [0.1, 0.15) is 16.8 Å². The fraction of sp³-hybridized carbons (Fsp3) is 0.250. The summed E-state index contributed by atoms with van der Waals surface area (Å²) in [6.45, 7) is 2.81. The monoisotopic (exact) mass is 284 g/mol. The van der Waals surface area contributed by atoms with Crippen molar-refractivity contribution in [2.24, 2.45) is 10.9 Å². The summed E-state index contributed by atoms with van der Waals surface area (Å²) < 4.78 is 0. The molecule has 3 N–H and O–H groups in total. The second kappa shape index (κ2) is 6.74. The first-order valence-corrected chi connectivity index (χ1v) is 6.82. The second-order valence-electron chi connectivity index (χ2n) is 4.95. The summed E-state index contributed by atoms with van der Waals surface area (Å²) in [5.41, 5.74) is 9.61. The van der Waals surface area contributed by atoms with E-state index in [9.17, 15) is 0 Å². The number of benzene rings is 1. The zero-order chi connectivity index (χ0) is 15.2. The highest BCUT2D eigenvalue weighted by molar-refractivity contribution is 6.02. The molecule has 1 aromatic carbocycles. The molecule has 2 aromatic rings. The fourth-order valence-electron chi connectivity index (χ4n) is 2.37. The van der Waals surface area contributed by atoms with Gasteiger partial charge in [0.1, 0.15) is 0 Å². The molecular formula is C16H20N4O. The number of nitrogens with two attached hydrogens (primary N) is 1. The van der Waals surface area contributed by atoms with E-state index in [1.807, 2.05) is 50.4 Å². The highest BCUT2D eigenvalue weighted by atomic mass is 16.4. The Morgan fingerprint density at radius 1 is 1.29 bits per heavy atom. The molecule has 0 spiro atoms. The molecule has 0 saturated heterocycles. The van der Waals surface area contributed by atoms with E-state index in [-0.39, 0.29) is 5.84 Å². The molecule has 0 saturated carbocycles. The third kappa shape index (κ3) is 3.51. The van der Waals surface area contributed by atoms with Gasteiger partial charge in [-0.3, -0.25) is 4.98 Å². The van der Waals surface area contributed by atoms with Crippen LogP contribution in [0.2, 0.25) is 0 Å². The van der Waals surface area contributed by atoms with Crippen LogP contribution in [0.4, 0.5) is 5.69 Å². The molecule has 110 valence electrons. The van der Waals surface area contributed by atoms with Crippen molar-refractivity contribution in [1.29, 1.82) is 0 Å². The smallest absolute Gasteiger partial charge is 0.172 e. The first-order chi connectivity index (χ1) is 10.1. The standard InChI is InChI=1S/C16H20N4O/c1-12-6-5-8-14(16(17)19-21)15(12)20(2)11-9-13-7-3-4-10-18-13/h3-8,10,21H,9,11H2,1-2H3,(H2,17,19). The molecule has 0 aliphatic carbocycles. The largest absolute Gasteiger partial charge is 0.409 e. The van der Waals surface area contributed by atoms with Crippen LogP contribution in [-0.2, 0) is 6.42 Å². The summed E-state index contributed by atoms with van der Waals surface area (Å²) in [6.07, 6.45) is 2.63. The first kappa shape index (κ1) is 14.8. The van der Waals surface area contributed by atoms with Crippen LogP contribution in [0.3, 0.4) is 0 Å². The summed E-state index contributed by atoms with van der Waals surface area (Å²) in [5, 5.41) is 12.0. The maximum Gasteiger partial charge on any atom is 0.172 e. The van der Waals surface area contributed by atoms with Crippen LogP contribution in [0.5, 0.6) is 0 Å². The van der Waals surface area contributed by atoms with Crippen LogP contribution in [0.15, 0.2) is 47.8 Å². The number of pyridine rings is 1. The zero-order valence-electron chi connectivity index (χ0n) is 12.3. The Balaban J connectivity index is 2.21. The number of anilines is 1. The van der Waals surface area contributed by atoms with Gasteiger partial charge >= 0.3 is 0 Å². The van der Waals surface area contributed by atoms with Crippen molar-refractivity contribution in [3.05, 3.63) is 59.4 Å². The zero-order valence-corrected chi connectivity index (χ0v) is 12.3. The van der Waals surface area contributed by atoms with Crippen molar-refractivity contribution in [2.45, 2.75) is 13.3 Å². The normalized spacial score (nSPS) is 11.4. The maximum atomic E-state index is 8.93. The lowest BCUT2D eigenvalue weighted by atomic mass is 10.1. The Hall–Kier alpha value is -2.56. The molecule has 5 heteroatoms. The molecule has 2 rings (SSSR count). The Morgan fingerprint density at radius 2 is 2.10 bits per heavy atom. The molecule has 0 atom stereocenters. The first-order valence-electron chi connectivity index (χ1n) is 6.82. The van der Waals surface area contributed by atoms with Gasteiger partial charge < -0.3 is 15.8 Å². The molecule has 0 amide bonds. The van der Waals surface area contributed by atoms with Crippen LogP contribution in [0.25, 0.3) is 0 Å². The molecule has 0 unspecified atom stereocenters. The molecule has 0 fully saturated rings. The minimum atomic E-state index is 0.124. The number of likely N-dealkylation sites (N-methyl/N-ethyl adjacent to an activating group) is 1. The summed E-state index contributed by atoms with van der Waals surface area (Å²) in [6, 6.07) is 11.7. The van der Waals surface area contributed by atoms with Gasteiger partial charge in [0.15, 0.2) is 5.84 Å². The van der Waals surface area contributed by atoms with Gasteiger partial charge in [-0.05, 0) is 30.7 Å². The molecule has 21 heavy (non-hydrogen) atoms. The predicted octanol–water partition coefficient (Wildman–Crippen LogP) is 2.16. The van der Waals surface area contributed by atoms with Crippen molar-refractivity contribution >= 4 is 11.5 Å². The van der Waals surface area contributed by atoms with Gasteiger partial charge in [0.05, 0.1) is 5.69 Å². The van der Waals surface area contributed by atoms with Gasteiger partial charge in [0.2, 0.25) is 0 Å². The molecular weight excluding hydrogens is 264 g/mol. The number of amidine groups is 1. The van der Waals surface area contributed by atoms with Gasteiger partial charge in [0.25, 0.3) is 0 Å². The minimum absolute atomic E-state index is 0.124. The number of hydrogen-bond donors (Lipinski definition) is 2. The van der Waals surface area contributed by atoms with E-state index in [2.05, 4.69) is 15.0 Å². The van der Waals surface area contributed by atoms with Gasteiger partial charge in [-0.2, -0.15) is 0 Å². The SMILES string of the molecule is Cc1cccc(/C(N)=N/O)c1N(C)CCc1ccccn1. The van der Waals surface area contributed by atoms with Crippen molar-refractivity contribution < 1.29 is 5.21 Å². The van der Waals surface area contributed by atoms with Gasteiger partial charge in [-0.15, -0.1) is 0 Å². The Labute approximate surface area is 124 Å². The average molecular weight is 284 g/mol. The van der Waals surface area contributed by atoms with Crippen molar-refractivity contribution in [3.63, 3.8) is 0 Å². The Bertz CT molecular complexity index is 625. The fourth-order valence-corrected chi connectivity index (χ4v) is 2.37. The lowest BCUT2D eigenvalue weighted by Crippen LogP contribution is -2.26. The lowest BCUT2D eigenvalue weighted by Gasteiger charge is -2.24.